The van der Waals surface area contributed by atoms with E-state index >= 15 is 0 Å². The zero-order chi connectivity index (χ0) is 22.7. The van der Waals surface area contributed by atoms with Crippen LogP contribution in [0.25, 0.3) is 0 Å². The fraction of sp³-hybridized carbons (Fsp3) is 0.893. The summed E-state index contributed by atoms with van der Waals surface area (Å²) in [5, 5.41) is 10.6. The number of rotatable bonds is 20. The van der Waals surface area contributed by atoms with E-state index in [9.17, 15) is 5.11 Å². The molecule has 1 N–H and O–H groups in total. The summed E-state index contributed by atoms with van der Waals surface area (Å²) in [6.07, 6.45) is 31.2. The van der Waals surface area contributed by atoms with E-state index in [1.54, 1.807) is 0 Å². The van der Waals surface area contributed by atoms with Gasteiger partial charge in [0.25, 0.3) is 0 Å². The predicted octanol–water partition coefficient (Wildman–Crippen LogP) is 7.57. The molecule has 1 aliphatic rings. The Bertz CT molecular complexity index is 511. The van der Waals surface area contributed by atoms with Crippen molar-refractivity contribution in [2.24, 2.45) is 5.92 Å². The Labute approximate surface area is 199 Å². The summed E-state index contributed by atoms with van der Waals surface area (Å²) >= 11 is 0. The number of hydrogen-bond donors (Lipinski definition) is 1. The molecule has 0 aliphatic carbocycles. The maximum atomic E-state index is 10.6. The number of aliphatic hydroxyl groups is 1. The average molecular weight is 448 g/mol. The molecule has 2 rings (SSSR count). The standard InChI is InChI=1S/C28H53N3O/c1-2-3-4-5-6-7-8-9-10-11-12-13-14-15-16-17-28(32)31-23-19-27(20-24-31)18-22-30-25-21-29-26-30/h21,25-28,32H,2-20,22-24H2,1H3. The van der Waals surface area contributed by atoms with Crippen LogP contribution in [0.3, 0.4) is 0 Å². The largest absolute Gasteiger partial charge is 0.378 e. The van der Waals surface area contributed by atoms with Crippen LogP contribution in [0.1, 0.15) is 129 Å². The van der Waals surface area contributed by atoms with Crippen LogP contribution in [0.4, 0.5) is 0 Å². The van der Waals surface area contributed by atoms with E-state index in [4.69, 9.17) is 0 Å². The molecule has 0 aromatic carbocycles. The van der Waals surface area contributed by atoms with Crippen LogP contribution in [-0.4, -0.2) is 38.9 Å². The van der Waals surface area contributed by atoms with Crippen molar-refractivity contribution in [3.8, 4) is 0 Å². The number of hydrogen-bond acceptors (Lipinski definition) is 3. The third-order valence-electron chi connectivity index (χ3n) is 7.49. The van der Waals surface area contributed by atoms with Crippen molar-refractivity contribution >= 4 is 0 Å². The van der Waals surface area contributed by atoms with Crippen molar-refractivity contribution in [3.63, 3.8) is 0 Å². The molecule has 1 aromatic rings. The second kappa shape index (κ2) is 18.5. The molecule has 1 saturated heterocycles. The number of imidazole rings is 1. The molecule has 1 fully saturated rings. The Morgan fingerprint density at radius 3 is 1.84 bits per heavy atom. The van der Waals surface area contributed by atoms with Gasteiger partial charge in [-0.3, -0.25) is 4.90 Å². The van der Waals surface area contributed by atoms with Gasteiger partial charge in [-0.1, -0.05) is 96.8 Å². The number of piperidine rings is 1. The fourth-order valence-electron chi connectivity index (χ4n) is 5.17. The molecule has 0 saturated carbocycles. The number of aryl methyl sites for hydroxylation is 1. The van der Waals surface area contributed by atoms with Gasteiger partial charge in [-0.05, 0) is 38.0 Å². The van der Waals surface area contributed by atoms with Gasteiger partial charge in [-0.15, -0.1) is 0 Å². The van der Waals surface area contributed by atoms with Crippen molar-refractivity contribution in [3.05, 3.63) is 18.7 Å². The molecule has 1 atom stereocenters. The summed E-state index contributed by atoms with van der Waals surface area (Å²) in [6.45, 7) is 5.50. The van der Waals surface area contributed by atoms with E-state index in [0.29, 0.717) is 0 Å². The highest BCUT2D eigenvalue weighted by atomic mass is 16.3. The lowest BCUT2D eigenvalue weighted by atomic mass is 9.93. The highest BCUT2D eigenvalue weighted by Crippen LogP contribution is 2.23. The Balaban J connectivity index is 1.33. The molecule has 1 unspecified atom stereocenters. The smallest absolute Gasteiger partial charge is 0.107 e. The molecule has 4 nitrogen and oxygen atoms in total. The van der Waals surface area contributed by atoms with Gasteiger partial charge in [0.15, 0.2) is 0 Å². The number of aliphatic hydroxyl groups excluding tert-OH is 1. The first-order chi connectivity index (χ1) is 15.8. The topological polar surface area (TPSA) is 41.3 Å². The van der Waals surface area contributed by atoms with Crippen LogP contribution >= 0.6 is 0 Å². The Hall–Kier alpha value is -0.870. The van der Waals surface area contributed by atoms with E-state index in [1.807, 2.05) is 12.5 Å². The lowest BCUT2D eigenvalue weighted by Crippen LogP contribution is -2.41. The van der Waals surface area contributed by atoms with Crippen molar-refractivity contribution < 1.29 is 5.11 Å². The fourth-order valence-corrected chi connectivity index (χ4v) is 5.17. The Morgan fingerprint density at radius 2 is 1.34 bits per heavy atom. The van der Waals surface area contributed by atoms with Crippen molar-refractivity contribution in [2.75, 3.05) is 13.1 Å². The molecule has 2 heterocycles. The molecule has 4 heteroatoms. The molecule has 1 aromatic heterocycles. The van der Waals surface area contributed by atoms with Crippen LogP contribution < -0.4 is 0 Å². The molecule has 0 amide bonds. The van der Waals surface area contributed by atoms with Crippen LogP contribution in [0.2, 0.25) is 0 Å². The van der Waals surface area contributed by atoms with Crippen LogP contribution in [0, 0.1) is 5.92 Å². The number of unbranched alkanes of at least 4 members (excludes halogenated alkanes) is 14. The second-order valence-corrected chi connectivity index (χ2v) is 10.3. The summed E-state index contributed by atoms with van der Waals surface area (Å²) < 4.78 is 2.18. The molecule has 0 radical (unpaired) electrons. The minimum Gasteiger partial charge on any atom is -0.378 e. The average Bonchev–Trinajstić information content (AvgIpc) is 3.34. The van der Waals surface area contributed by atoms with Gasteiger partial charge in [-0.2, -0.15) is 0 Å². The number of aromatic nitrogens is 2. The highest BCUT2D eigenvalue weighted by Gasteiger charge is 2.23. The maximum absolute atomic E-state index is 10.6. The first-order valence-corrected chi connectivity index (χ1v) is 14.2. The summed E-state index contributed by atoms with van der Waals surface area (Å²) in [4.78, 5) is 6.44. The quantitative estimate of drug-likeness (QED) is 0.210. The van der Waals surface area contributed by atoms with Gasteiger partial charge in [0.2, 0.25) is 0 Å². The van der Waals surface area contributed by atoms with Gasteiger partial charge in [0.1, 0.15) is 6.23 Å². The minimum atomic E-state index is -0.216. The third kappa shape index (κ3) is 13.0. The van der Waals surface area contributed by atoms with Crippen molar-refractivity contribution in [1.29, 1.82) is 0 Å². The van der Waals surface area contributed by atoms with E-state index in [2.05, 4.69) is 27.6 Å². The van der Waals surface area contributed by atoms with Gasteiger partial charge < -0.3 is 9.67 Å². The predicted molar refractivity (Wildman–Crippen MR) is 137 cm³/mol. The Kier molecular flexibility index (Phi) is 15.9. The molecule has 186 valence electrons. The molecular formula is C28H53N3O. The molecular weight excluding hydrogens is 394 g/mol. The molecule has 0 bridgehead atoms. The summed E-state index contributed by atoms with van der Waals surface area (Å²) in [7, 11) is 0. The van der Waals surface area contributed by atoms with Crippen molar-refractivity contribution in [2.45, 2.75) is 142 Å². The maximum Gasteiger partial charge on any atom is 0.107 e. The normalized spacial score (nSPS) is 16.6. The molecule has 0 spiro atoms. The first kappa shape index (κ1) is 27.4. The monoisotopic (exact) mass is 447 g/mol. The van der Waals surface area contributed by atoms with E-state index in [1.165, 1.54) is 116 Å². The van der Waals surface area contributed by atoms with Crippen LogP contribution in [0.15, 0.2) is 18.7 Å². The van der Waals surface area contributed by atoms with Gasteiger partial charge in [-0.25, -0.2) is 4.98 Å². The van der Waals surface area contributed by atoms with Crippen molar-refractivity contribution in [1.82, 2.24) is 14.5 Å². The third-order valence-corrected chi connectivity index (χ3v) is 7.49. The van der Waals surface area contributed by atoms with Gasteiger partial charge in [0, 0.05) is 32.0 Å². The van der Waals surface area contributed by atoms with Crippen LogP contribution in [0.5, 0.6) is 0 Å². The van der Waals surface area contributed by atoms with E-state index in [-0.39, 0.29) is 6.23 Å². The lowest BCUT2D eigenvalue weighted by molar-refractivity contribution is -0.0242. The molecule has 1 aliphatic heterocycles. The molecule has 32 heavy (non-hydrogen) atoms. The van der Waals surface area contributed by atoms with E-state index < -0.39 is 0 Å². The zero-order valence-electron chi connectivity index (χ0n) is 21.2. The van der Waals surface area contributed by atoms with Gasteiger partial charge >= 0.3 is 0 Å². The zero-order valence-corrected chi connectivity index (χ0v) is 21.2. The second-order valence-electron chi connectivity index (χ2n) is 10.3. The number of likely N-dealkylation sites (tertiary alicyclic amines) is 1. The highest BCUT2D eigenvalue weighted by molar-refractivity contribution is 4.77. The number of nitrogens with zero attached hydrogens (tertiary/aromatic N) is 3. The van der Waals surface area contributed by atoms with Crippen LogP contribution in [-0.2, 0) is 6.54 Å². The lowest BCUT2D eigenvalue weighted by Gasteiger charge is -2.35. The minimum absolute atomic E-state index is 0.216. The van der Waals surface area contributed by atoms with Gasteiger partial charge in [0.05, 0.1) is 6.33 Å². The summed E-state index contributed by atoms with van der Waals surface area (Å²) in [5.74, 6) is 0.798. The SMILES string of the molecule is CCCCCCCCCCCCCCCCCC(O)N1CCC(CCn2ccnc2)CC1. The van der Waals surface area contributed by atoms with E-state index in [0.717, 1.165) is 32.0 Å². The summed E-state index contributed by atoms with van der Waals surface area (Å²) in [6, 6.07) is 0. The first-order valence-electron chi connectivity index (χ1n) is 14.2. The Morgan fingerprint density at radius 1 is 0.812 bits per heavy atom. The summed E-state index contributed by atoms with van der Waals surface area (Å²) in [5.41, 5.74) is 0.